The molecule has 2 aliphatic rings. The first-order chi connectivity index (χ1) is 20.6. The van der Waals surface area contributed by atoms with Gasteiger partial charge in [0.2, 0.25) is 0 Å². The number of alkyl halides is 3. The van der Waals surface area contributed by atoms with Crippen LogP contribution in [0.15, 0.2) is 48.5 Å². The summed E-state index contributed by atoms with van der Waals surface area (Å²) in [5.74, 6) is 0.682. The van der Waals surface area contributed by atoms with Crippen molar-refractivity contribution in [3.05, 3.63) is 59.1 Å². The molecule has 0 radical (unpaired) electrons. The third-order valence-electron chi connectivity index (χ3n) is 6.49. The molecule has 0 saturated carbocycles. The smallest absolute Gasteiger partial charge is 0.419 e. The lowest BCUT2D eigenvalue weighted by atomic mass is 10.1. The van der Waals surface area contributed by atoms with Crippen molar-refractivity contribution in [1.29, 1.82) is 0 Å². The van der Waals surface area contributed by atoms with Gasteiger partial charge in [0.05, 0.1) is 5.56 Å². The molecule has 2 aliphatic heterocycles. The number of rotatable bonds is 4. The highest BCUT2D eigenvalue weighted by Gasteiger charge is 2.35. The van der Waals surface area contributed by atoms with Crippen LogP contribution in [0.1, 0.15) is 58.9 Å². The van der Waals surface area contributed by atoms with Crippen molar-refractivity contribution in [2.45, 2.75) is 71.8 Å². The second kappa shape index (κ2) is 19.8. The highest BCUT2D eigenvalue weighted by atomic mass is 35.5. The van der Waals surface area contributed by atoms with Crippen LogP contribution in [0.4, 0.5) is 22.8 Å². The summed E-state index contributed by atoms with van der Waals surface area (Å²) < 4.78 is 50.0. The zero-order valence-corrected chi connectivity index (χ0v) is 26.7. The molecule has 8 nitrogen and oxygen atoms in total. The van der Waals surface area contributed by atoms with E-state index >= 15 is 0 Å². The van der Waals surface area contributed by atoms with E-state index in [0.717, 1.165) is 37.7 Å². The van der Waals surface area contributed by atoms with E-state index in [1.807, 2.05) is 56.9 Å². The van der Waals surface area contributed by atoms with E-state index in [1.54, 1.807) is 19.0 Å². The van der Waals surface area contributed by atoms with Crippen LogP contribution in [0.5, 0.6) is 11.5 Å². The normalized spacial score (nSPS) is 15.3. The van der Waals surface area contributed by atoms with Gasteiger partial charge in [-0.15, -0.1) is 0 Å². The summed E-state index contributed by atoms with van der Waals surface area (Å²) >= 11 is 5.82. The molecule has 0 unspecified atom stereocenters. The monoisotopic (exact) mass is 630 g/mol. The van der Waals surface area contributed by atoms with Gasteiger partial charge in [0.1, 0.15) is 23.7 Å². The lowest BCUT2D eigenvalue weighted by molar-refractivity contribution is -0.139. The van der Waals surface area contributed by atoms with Crippen LogP contribution < -0.4 is 20.1 Å². The van der Waals surface area contributed by atoms with E-state index in [4.69, 9.17) is 21.1 Å². The van der Waals surface area contributed by atoms with E-state index in [9.17, 15) is 22.8 Å². The zero-order chi connectivity index (χ0) is 32.4. The third-order valence-corrected chi connectivity index (χ3v) is 6.74. The van der Waals surface area contributed by atoms with Crippen LogP contribution >= 0.6 is 11.6 Å². The molecule has 12 heteroatoms. The number of piperidine rings is 2. The van der Waals surface area contributed by atoms with E-state index in [1.165, 1.54) is 18.2 Å². The highest BCUT2D eigenvalue weighted by molar-refractivity contribution is 6.30. The maximum atomic E-state index is 12.9. The molecule has 0 aliphatic carbocycles. The Morgan fingerprint density at radius 3 is 1.58 bits per heavy atom. The molecule has 4 rings (SSSR count). The number of amides is 4. The number of carbonyl (C=O) groups is 2. The SMILES string of the molecule is CC.CC.CNC(=O)N1CCC(Oc2ccc(Cl)cc2)CC1.CNC(=O)N1CCC(Oc2ccccc2C(F)(F)F)CC1. The van der Waals surface area contributed by atoms with E-state index < -0.39 is 11.7 Å². The van der Waals surface area contributed by atoms with Crippen LogP contribution in [-0.2, 0) is 6.18 Å². The van der Waals surface area contributed by atoms with Gasteiger partial charge in [-0.25, -0.2) is 9.59 Å². The molecule has 0 aromatic heterocycles. The Hall–Kier alpha value is -3.34. The molecule has 4 amide bonds. The number of halogens is 4. The molecular weight excluding hydrogens is 585 g/mol. The number of nitrogens with zero attached hydrogens (tertiary/aromatic N) is 2. The number of benzene rings is 2. The molecule has 2 saturated heterocycles. The Morgan fingerprint density at radius 1 is 0.744 bits per heavy atom. The topological polar surface area (TPSA) is 83.1 Å². The van der Waals surface area contributed by atoms with Gasteiger partial charge < -0.3 is 29.9 Å². The number of hydrogen-bond donors (Lipinski definition) is 2. The summed E-state index contributed by atoms with van der Waals surface area (Å²) in [4.78, 5) is 26.3. The number of likely N-dealkylation sites (tertiary alicyclic amines) is 2. The average molecular weight is 631 g/mol. The summed E-state index contributed by atoms with van der Waals surface area (Å²) in [5, 5.41) is 5.87. The number of hydrogen-bond acceptors (Lipinski definition) is 4. The number of para-hydroxylation sites is 1. The predicted molar refractivity (Wildman–Crippen MR) is 165 cm³/mol. The van der Waals surface area contributed by atoms with Crippen molar-refractivity contribution in [3.8, 4) is 11.5 Å². The molecule has 2 aromatic rings. The fourth-order valence-corrected chi connectivity index (χ4v) is 4.48. The molecular formula is C31H46ClF3N4O4. The molecule has 0 spiro atoms. The van der Waals surface area contributed by atoms with Crippen LogP contribution in [0.3, 0.4) is 0 Å². The van der Waals surface area contributed by atoms with E-state index in [-0.39, 0.29) is 30.0 Å². The summed E-state index contributed by atoms with van der Waals surface area (Å²) in [6.07, 6.45) is -1.83. The minimum absolute atomic E-state index is 0.0139. The molecule has 0 bridgehead atoms. The van der Waals surface area contributed by atoms with Crippen molar-refractivity contribution >= 4 is 23.7 Å². The molecule has 2 N–H and O–H groups in total. The fourth-order valence-electron chi connectivity index (χ4n) is 4.36. The number of carbonyl (C=O) groups excluding carboxylic acids is 2. The third kappa shape index (κ3) is 12.8. The number of urea groups is 2. The van der Waals surface area contributed by atoms with Gasteiger partial charge >= 0.3 is 18.2 Å². The highest BCUT2D eigenvalue weighted by Crippen LogP contribution is 2.37. The molecule has 2 aromatic carbocycles. The van der Waals surface area contributed by atoms with Crippen molar-refractivity contribution in [1.82, 2.24) is 20.4 Å². The van der Waals surface area contributed by atoms with Crippen molar-refractivity contribution < 1.29 is 32.2 Å². The summed E-state index contributed by atoms with van der Waals surface area (Å²) in [7, 11) is 3.20. The van der Waals surface area contributed by atoms with Gasteiger partial charge in [0.25, 0.3) is 0 Å². The minimum atomic E-state index is -4.43. The van der Waals surface area contributed by atoms with Crippen molar-refractivity contribution in [2.75, 3.05) is 40.3 Å². The Balaban J connectivity index is 0.000000389. The lowest BCUT2D eigenvalue weighted by Gasteiger charge is -2.32. The zero-order valence-electron chi connectivity index (χ0n) is 26.0. The van der Waals surface area contributed by atoms with Crippen LogP contribution in [0.2, 0.25) is 5.02 Å². The van der Waals surface area contributed by atoms with Gasteiger partial charge in [-0.1, -0.05) is 51.4 Å². The van der Waals surface area contributed by atoms with Crippen molar-refractivity contribution in [3.63, 3.8) is 0 Å². The first kappa shape index (κ1) is 37.7. The molecule has 43 heavy (non-hydrogen) atoms. The van der Waals surface area contributed by atoms with Crippen LogP contribution in [0, 0.1) is 0 Å². The Morgan fingerprint density at radius 2 is 1.16 bits per heavy atom. The Labute approximate surface area is 258 Å². The van der Waals surface area contributed by atoms with Gasteiger partial charge in [-0.2, -0.15) is 13.2 Å². The molecule has 0 atom stereocenters. The van der Waals surface area contributed by atoms with Gasteiger partial charge in [0, 0.05) is 71.0 Å². The van der Waals surface area contributed by atoms with E-state index in [0.29, 0.717) is 31.0 Å². The van der Waals surface area contributed by atoms with Gasteiger partial charge in [-0.05, 0) is 36.4 Å². The largest absolute Gasteiger partial charge is 0.490 e. The Bertz CT molecular complexity index is 1070. The minimum Gasteiger partial charge on any atom is -0.490 e. The van der Waals surface area contributed by atoms with Crippen molar-refractivity contribution in [2.24, 2.45) is 0 Å². The average Bonchev–Trinajstić information content (AvgIpc) is 3.04. The standard InChI is InChI=1S/C14H17F3N2O2.C13H17ClN2O2.2C2H6/c1-18-13(20)19-8-6-10(7-9-19)21-12-5-3-2-4-11(12)14(15,16)17;1-15-13(17)16-8-6-12(7-9-16)18-11-4-2-10(14)3-5-11;2*1-2/h2-5,10H,6-9H2,1H3,(H,18,20);2-5,12H,6-9H2,1H3,(H,15,17);2*1-2H3. The van der Waals surface area contributed by atoms with Gasteiger partial charge in [0.15, 0.2) is 0 Å². The fraction of sp³-hybridized carbons (Fsp3) is 0.548. The van der Waals surface area contributed by atoms with Crippen LogP contribution in [-0.4, -0.2) is 74.3 Å². The first-order valence-corrected chi connectivity index (χ1v) is 15.2. The van der Waals surface area contributed by atoms with Crippen LogP contribution in [0.25, 0.3) is 0 Å². The quantitative estimate of drug-likeness (QED) is 0.367. The maximum absolute atomic E-state index is 12.9. The molecule has 242 valence electrons. The molecule has 2 fully saturated rings. The lowest BCUT2D eigenvalue weighted by Crippen LogP contribution is -2.45. The number of ether oxygens (including phenoxy) is 2. The predicted octanol–water partition coefficient (Wildman–Crippen LogP) is 7.46. The summed E-state index contributed by atoms with van der Waals surface area (Å²) in [5.41, 5.74) is -0.765. The van der Waals surface area contributed by atoms with Gasteiger partial charge in [-0.3, -0.25) is 0 Å². The first-order valence-electron chi connectivity index (χ1n) is 14.8. The second-order valence-corrected chi connectivity index (χ2v) is 9.60. The summed E-state index contributed by atoms with van der Waals surface area (Å²) in [6.45, 7) is 10.4. The maximum Gasteiger partial charge on any atom is 0.419 e. The second-order valence-electron chi connectivity index (χ2n) is 9.17. The summed E-state index contributed by atoms with van der Waals surface area (Å²) in [6, 6.07) is 12.4. The molecule has 2 heterocycles. The number of nitrogens with one attached hydrogen (secondary N) is 2. The Kier molecular flexibility index (Phi) is 17.3. The van der Waals surface area contributed by atoms with E-state index in [2.05, 4.69) is 10.6 Å².